The number of carbonyl (C=O) groups excluding carboxylic acids is 1. The van der Waals surface area contributed by atoms with Gasteiger partial charge in [0, 0.05) is 12.5 Å². The molecule has 1 unspecified atom stereocenters. The normalized spacial score (nSPS) is 13.4. The highest BCUT2D eigenvalue weighted by molar-refractivity contribution is 5.75. The van der Waals surface area contributed by atoms with Gasteiger partial charge in [-0.2, -0.15) is 0 Å². The molecule has 0 aromatic heterocycles. The van der Waals surface area contributed by atoms with Gasteiger partial charge in [0.15, 0.2) is 0 Å². The molecule has 0 aliphatic heterocycles. The van der Waals surface area contributed by atoms with Crippen LogP contribution in [0.5, 0.6) is 0 Å². The van der Waals surface area contributed by atoms with Crippen LogP contribution in [-0.4, -0.2) is 12.8 Å². The van der Waals surface area contributed by atoms with Gasteiger partial charge in [-0.15, -0.1) is 0 Å². The molecule has 0 amide bonds. The average Bonchev–Trinajstić information content (AvgIpc) is 2.29. The first-order chi connectivity index (χ1) is 8.34. The van der Waals surface area contributed by atoms with Gasteiger partial charge in [0.1, 0.15) is 5.78 Å². The van der Waals surface area contributed by atoms with Gasteiger partial charge in [0.25, 0.3) is 0 Å². The molecule has 0 aliphatic carbocycles. The average molecular weight is 247 g/mol. The van der Waals surface area contributed by atoms with E-state index in [0.29, 0.717) is 6.42 Å². The Morgan fingerprint density at radius 2 is 1.78 bits per heavy atom. The highest BCUT2D eigenvalue weighted by atomic mass is 16.1. The van der Waals surface area contributed by atoms with Crippen molar-refractivity contribution in [2.45, 2.75) is 52.0 Å². The lowest BCUT2D eigenvalue weighted by Crippen LogP contribution is -2.18. The lowest BCUT2D eigenvalue weighted by atomic mass is 9.86. The minimum Gasteiger partial charge on any atom is -0.313 e. The van der Waals surface area contributed by atoms with Crippen molar-refractivity contribution in [3.63, 3.8) is 0 Å². The van der Waals surface area contributed by atoms with E-state index in [2.05, 4.69) is 50.4 Å². The SMILES string of the molecule is CNC(CCC(C)=O)c1ccc(C(C)(C)C)cc1. The fourth-order valence-corrected chi connectivity index (χ4v) is 2.04. The second-order valence-electron chi connectivity index (χ2n) is 5.95. The Hall–Kier alpha value is -1.15. The molecule has 2 heteroatoms. The van der Waals surface area contributed by atoms with Gasteiger partial charge >= 0.3 is 0 Å². The summed E-state index contributed by atoms with van der Waals surface area (Å²) in [6.07, 6.45) is 1.49. The number of Topliss-reactive ketones (excluding diaryl/α,β-unsaturated/α-hetero) is 1. The van der Waals surface area contributed by atoms with Crippen molar-refractivity contribution in [2.24, 2.45) is 0 Å². The van der Waals surface area contributed by atoms with Crippen LogP contribution in [0.2, 0.25) is 0 Å². The van der Waals surface area contributed by atoms with E-state index < -0.39 is 0 Å². The molecule has 0 radical (unpaired) electrons. The van der Waals surface area contributed by atoms with Crippen molar-refractivity contribution in [1.82, 2.24) is 5.32 Å². The van der Waals surface area contributed by atoms with Crippen molar-refractivity contribution >= 4 is 5.78 Å². The molecule has 1 atom stereocenters. The lowest BCUT2D eigenvalue weighted by Gasteiger charge is -2.21. The van der Waals surface area contributed by atoms with Crippen LogP contribution >= 0.6 is 0 Å². The summed E-state index contributed by atoms with van der Waals surface area (Å²) in [6.45, 7) is 8.29. The van der Waals surface area contributed by atoms with Crippen molar-refractivity contribution in [2.75, 3.05) is 7.05 Å². The third-order valence-electron chi connectivity index (χ3n) is 3.31. The van der Waals surface area contributed by atoms with Gasteiger partial charge in [0.2, 0.25) is 0 Å². The van der Waals surface area contributed by atoms with E-state index in [1.165, 1.54) is 11.1 Å². The zero-order valence-electron chi connectivity index (χ0n) is 12.2. The molecule has 100 valence electrons. The monoisotopic (exact) mass is 247 g/mol. The molecule has 0 bridgehead atoms. The molecule has 0 fully saturated rings. The number of nitrogens with one attached hydrogen (secondary N) is 1. The number of hydrogen-bond donors (Lipinski definition) is 1. The van der Waals surface area contributed by atoms with Crippen LogP contribution in [0.25, 0.3) is 0 Å². The summed E-state index contributed by atoms with van der Waals surface area (Å²) in [6, 6.07) is 8.98. The van der Waals surface area contributed by atoms with Crippen molar-refractivity contribution in [1.29, 1.82) is 0 Å². The summed E-state index contributed by atoms with van der Waals surface area (Å²) in [4.78, 5) is 11.1. The summed E-state index contributed by atoms with van der Waals surface area (Å²) in [5.74, 6) is 0.251. The Morgan fingerprint density at radius 1 is 1.22 bits per heavy atom. The molecule has 2 nitrogen and oxygen atoms in total. The predicted molar refractivity (Wildman–Crippen MR) is 76.9 cm³/mol. The third kappa shape index (κ3) is 4.26. The van der Waals surface area contributed by atoms with Gasteiger partial charge < -0.3 is 10.1 Å². The van der Waals surface area contributed by atoms with E-state index in [-0.39, 0.29) is 17.2 Å². The van der Waals surface area contributed by atoms with Crippen LogP contribution in [0.1, 0.15) is 57.7 Å². The molecule has 0 heterocycles. The van der Waals surface area contributed by atoms with E-state index in [0.717, 1.165) is 6.42 Å². The van der Waals surface area contributed by atoms with E-state index in [9.17, 15) is 4.79 Å². The first kappa shape index (κ1) is 14.9. The van der Waals surface area contributed by atoms with Gasteiger partial charge in [-0.25, -0.2) is 0 Å². The Bertz CT molecular complexity index is 387. The first-order valence-corrected chi connectivity index (χ1v) is 6.61. The molecular formula is C16H25NO. The van der Waals surface area contributed by atoms with Crippen LogP contribution in [-0.2, 0) is 10.2 Å². The Balaban J connectivity index is 2.79. The number of ketones is 1. The minimum absolute atomic E-state index is 0.188. The zero-order valence-corrected chi connectivity index (χ0v) is 12.2. The summed E-state index contributed by atoms with van der Waals surface area (Å²) < 4.78 is 0. The number of benzene rings is 1. The standard InChI is InChI=1S/C16H25NO/c1-12(18)6-11-15(17-5)13-7-9-14(10-8-13)16(2,3)4/h7-10,15,17H,6,11H2,1-5H3. The van der Waals surface area contributed by atoms with Crippen LogP contribution in [0.4, 0.5) is 0 Å². The molecule has 0 saturated carbocycles. The van der Waals surface area contributed by atoms with E-state index in [1.54, 1.807) is 6.92 Å². The van der Waals surface area contributed by atoms with Crippen LogP contribution in [0.15, 0.2) is 24.3 Å². The number of carbonyl (C=O) groups is 1. The van der Waals surface area contributed by atoms with E-state index >= 15 is 0 Å². The largest absolute Gasteiger partial charge is 0.313 e. The fourth-order valence-electron chi connectivity index (χ4n) is 2.04. The third-order valence-corrected chi connectivity index (χ3v) is 3.31. The molecular weight excluding hydrogens is 222 g/mol. The van der Waals surface area contributed by atoms with Gasteiger partial charge in [-0.3, -0.25) is 0 Å². The van der Waals surface area contributed by atoms with Crippen LogP contribution in [0.3, 0.4) is 0 Å². The first-order valence-electron chi connectivity index (χ1n) is 6.61. The molecule has 0 spiro atoms. The van der Waals surface area contributed by atoms with Crippen molar-refractivity contribution in [3.8, 4) is 0 Å². The van der Waals surface area contributed by atoms with Gasteiger partial charge in [0.05, 0.1) is 0 Å². The second-order valence-corrected chi connectivity index (χ2v) is 5.95. The fraction of sp³-hybridized carbons (Fsp3) is 0.562. The summed E-state index contributed by atoms with van der Waals surface area (Å²) in [7, 11) is 1.95. The molecule has 18 heavy (non-hydrogen) atoms. The predicted octanol–water partition coefficient (Wildman–Crippen LogP) is 3.61. The molecule has 0 saturated heterocycles. The summed E-state index contributed by atoms with van der Waals surface area (Å²) in [5, 5.41) is 3.28. The maximum Gasteiger partial charge on any atom is 0.129 e. The molecule has 1 rings (SSSR count). The van der Waals surface area contributed by atoms with Crippen LogP contribution < -0.4 is 5.32 Å². The molecule has 1 aromatic rings. The Labute approximate surface area is 111 Å². The summed E-state index contributed by atoms with van der Waals surface area (Å²) >= 11 is 0. The highest BCUT2D eigenvalue weighted by Crippen LogP contribution is 2.25. The number of hydrogen-bond acceptors (Lipinski definition) is 2. The topological polar surface area (TPSA) is 29.1 Å². The zero-order chi connectivity index (χ0) is 13.8. The van der Waals surface area contributed by atoms with Gasteiger partial charge in [-0.1, -0.05) is 45.0 Å². The maximum atomic E-state index is 11.1. The summed E-state index contributed by atoms with van der Waals surface area (Å²) in [5.41, 5.74) is 2.78. The van der Waals surface area contributed by atoms with E-state index in [4.69, 9.17) is 0 Å². The maximum absolute atomic E-state index is 11.1. The quantitative estimate of drug-likeness (QED) is 0.861. The Kier molecular flexibility index (Phi) is 5.09. The van der Waals surface area contributed by atoms with Crippen molar-refractivity contribution in [3.05, 3.63) is 35.4 Å². The Morgan fingerprint density at radius 3 is 2.17 bits per heavy atom. The number of rotatable bonds is 5. The smallest absolute Gasteiger partial charge is 0.129 e. The minimum atomic E-state index is 0.188. The van der Waals surface area contributed by atoms with E-state index in [1.807, 2.05) is 7.05 Å². The molecule has 1 aromatic carbocycles. The second kappa shape index (κ2) is 6.14. The van der Waals surface area contributed by atoms with Crippen LogP contribution in [0, 0.1) is 0 Å². The van der Waals surface area contributed by atoms with Gasteiger partial charge in [-0.05, 0) is 36.9 Å². The highest BCUT2D eigenvalue weighted by Gasteiger charge is 2.15. The molecule has 0 aliphatic rings. The molecule has 1 N–H and O–H groups in total. The van der Waals surface area contributed by atoms with Crippen molar-refractivity contribution < 1.29 is 4.79 Å². The lowest BCUT2D eigenvalue weighted by molar-refractivity contribution is -0.117.